The van der Waals surface area contributed by atoms with Gasteiger partial charge in [-0.05, 0) is 38.6 Å². The first-order valence-electron chi connectivity index (χ1n) is 8.43. The number of carbonyl (C=O) groups excluding carboxylic acids is 1. The van der Waals surface area contributed by atoms with E-state index in [-0.39, 0.29) is 12.0 Å². The molecule has 0 spiro atoms. The largest absolute Gasteiger partial charge is 0.480 e. The molecule has 0 N–H and O–H groups in total. The number of nitrogens with zero attached hydrogens (tertiary/aromatic N) is 2. The van der Waals surface area contributed by atoms with Gasteiger partial charge in [-0.1, -0.05) is 18.2 Å². The van der Waals surface area contributed by atoms with Crippen LogP contribution in [0.15, 0.2) is 24.3 Å². The highest BCUT2D eigenvalue weighted by Crippen LogP contribution is 2.29. The second-order valence-corrected chi connectivity index (χ2v) is 6.64. The molecule has 2 atom stereocenters. The number of rotatable bonds is 6. The van der Waals surface area contributed by atoms with Crippen molar-refractivity contribution in [3.8, 4) is 5.75 Å². The number of likely N-dealkylation sites (N-methyl/N-ethyl adjacent to an activating group) is 1. The highest BCUT2D eigenvalue weighted by atomic mass is 16.5. The lowest BCUT2D eigenvalue weighted by atomic mass is 10.1. The zero-order valence-corrected chi connectivity index (χ0v) is 14.0. The fourth-order valence-corrected chi connectivity index (χ4v) is 3.17. The van der Waals surface area contributed by atoms with Gasteiger partial charge in [-0.25, -0.2) is 0 Å². The Hall–Kier alpha value is -1.59. The van der Waals surface area contributed by atoms with E-state index in [9.17, 15) is 4.79 Å². The molecule has 1 aromatic carbocycles. The Morgan fingerprint density at radius 2 is 2.09 bits per heavy atom. The summed E-state index contributed by atoms with van der Waals surface area (Å²) in [4.78, 5) is 17.0. The molecule has 126 valence electrons. The van der Waals surface area contributed by atoms with Gasteiger partial charge in [-0.3, -0.25) is 4.79 Å². The predicted molar refractivity (Wildman–Crippen MR) is 88.7 cm³/mol. The van der Waals surface area contributed by atoms with Gasteiger partial charge in [-0.15, -0.1) is 0 Å². The van der Waals surface area contributed by atoms with Crippen molar-refractivity contribution >= 4 is 5.91 Å². The molecule has 0 unspecified atom stereocenters. The average molecular weight is 318 g/mol. The van der Waals surface area contributed by atoms with E-state index >= 15 is 0 Å². The molecule has 5 nitrogen and oxygen atoms in total. The summed E-state index contributed by atoms with van der Waals surface area (Å²) in [6.45, 7) is 3.04. The molecule has 2 aliphatic rings. The SMILES string of the molecule is CN(C)CCN(C[C@H]1CCCO1)C(=O)[C@H]1Cc2ccccc2O1. The van der Waals surface area contributed by atoms with Crippen LogP contribution in [0.25, 0.3) is 0 Å². The highest BCUT2D eigenvalue weighted by molar-refractivity contribution is 5.82. The maximum atomic E-state index is 12.9. The quantitative estimate of drug-likeness (QED) is 0.798. The summed E-state index contributed by atoms with van der Waals surface area (Å²) in [7, 11) is 4.05. The summed E-state index contributed by atoms with van der Waals surface area (Å²) < 4.78 is 11.6. The first-order valence-corrected chi connectivity index (χ1v) is 8.43. The molecule has 0 aliphatic carbocycles. The molecule has 0 bridgehead atoms. The molecule has 5 heteroatoms. The van der Waals surface area contributed by atoms with Crippen LogP contribution in [-0.2, 0) is 16.0 Å². The highest BCUT2D eigenvalue weighted by Gasteiger charge is 2.33. The molecular formula is C18H26N2O3. The van der Waals surface area contributed by atoms with Gasteiger partial charge in [-0.2, -0.15) is 0 Å². The molecule has 3 rings (SSSR count). The van der Waals surface area contributed by atoms with E-state index in [1.165, 1.54) is 0 Å². The second kappa shape index (κ2) is 7.32. The van der Waals surface area contributed by atoms with Gasteiger partial charge in [0.05, 0.1) is 6.10 Å². The van der Waals surface area contributed by atoms with E-state index < -0.39 is 6.10 Å². The first kappa shape index (κ1) is 16.3. The van der Waals surface area contributed by atoms with Crippen molar-refractivity contribution in [2.75, 3.05) is 40.3 Å². The Morgan fingerprint density at radius 1 is 1.26 bits per heavy atom. The number of fused-ring (bicyclic) bond motifs is 1. The monoisotopic (exact) mass is 318 g/mol. The standard InChI is InChI=1S/C18H26N2O3/c1-19(2)9-10-20(13-15-7-5-11-22-15)18(21)17-12-14-6-3-4-8-16(14)23-17/h3-4,6,8,15,17H,5,7,9-13H2,1-2H3/t15-,17-/m1/s1. The van der Waals surface area contributed by atoms with E-state index in [2.05, 4.69) is 4.90 Å². The van der Waals surface area contributed by atoms with Gasteiger partial charge in [0.15, 0.2) is 6.10 Å². The van der Waals surface area contributed by atoms with E-state index in [0.717, 1.165) is 37.3 Å². The summed E-state index contributed by atoms with van der Waals surface area (Å²) in [5.41, 5.74) is 1.12. The second-order valence-electron chi connectivity index (χ2n) is 6.64. The third-order valence-corrected chi connectivity index (χ3v) is 4.50. The summed E-state index contributed by atoms with van der Waals surface area (Å²) in [5.74, 6) is 0.925. The van der Waals surface area contributed by atoms with Crippen LogP contribution in [0.3, 0.4) is 0 Å². The first-order chi connectivity index (χ1) is 11.1. The van der Waals surface area contributed by atoms with Crippen LogP contribution >= 0.6 is 0 Å². The van der Waals surface area contributed by atoms with Crippen molar-refractivity contribution in [2.24, 2.45) is 0 Å². The fourth-order valence-electron chi connectivity index (χ4n) is 3.17. The number of ether oxygens (including phenoxy) is 2. The lowest BCUT2D eigenvalue weighted by Gasteiger charge is -2.28. The Kier molecular flexibility index (Phi) is 5.18. The van der Waals surface area contributed by atoms with E-state index in [4.69, 9.17) is 9.47 Å². The van der Waals surface area contributed by atoms with Crippen LogP contribution in [0.1, 0.15) is 18.4 Å². The van der Waals surface area contributed by atoms with Crippen LogP contribution < -0.4 is 4.74 Å². The van der Waals surface area contributed by atoms with E-state index in [0.29, 0.717) is 19.5 Å². The zero-order valence-electron chi connectivity index (χ0n) is 14.0. The topological polar surface area (TPSA) is 42.0 Å². The number of hydrogen-bond acceptors (Lipinski definition) is 4. The number of carbonyl (C=O) groups is 1. The average Bonchev–Trinajstić information content (AvgIpc) is 3.19. The van der Waals surface area contributed by atoms with Gasteiger partial charge in [0.2, 0.25) is 0 Å². The molecule has 1 saturated heterocycles. The van der Waals surface area contributed by atoms with Crippen LogP contribution in [0.4, 0.5) is 0 Å². The summed E-state index contributed by atoms with van der Waals surface area (Å²) in [5, 5.41) is 0. The Morgan fingerprint density at radius 3 is 2.78 bits per heavy atom. The Balaban J connectivity index is 1.64. The fraction of sp³-hybridized carbons (Fsp3) is 0.611. The lowest BCUT2D eigenvalue weighted by molar-refractivity contribution is -0.139. The van der Waals surface area contributed by atoms with Gasteiger partial charge < -0.3 is 19.3 Å². The smallest absolute Gasteiger partial charge is 0.264 e. The van der Waals surface area contributed by atoms with Crippen LogP contribution in [0.2, 0.25) is 0 Å². The number of para-hydroxylation sites is 1. The lowest BCUT2D eigenvalue weighted by Crippen LogP contribution is -2.47. The van der Waals surface area contributed by atoms with Gasteiger partial charge in [0.25, 0.3) is 5.91 Å². The maximum absolute atomic E-state index is 12.9. The minimum atomic E-state index is -0.393. The Bertz CT molecular complexity index is 516. The number of benzene rings is 1. The molecule has 2 heterocycles. The third-order valence-electron chi connectivity index (χ3n) is 4.50. The summed E-state index contributed by atoms with van der Waals surface area (Å²) in [6.07, 6.45) is 2.57. The van der Waals surface area contributed by atoms with Gasteiger partial charge >= 0.3 is 0 Å². The number of amides is 1. The molecule has 23 heavy (non-hydrogen) atoms. The minimum Gasteiger partial charge on any atom is -0.480 e. The van der Waals surface area contributed by atoms with Crippen molar-refractivity contribution in [1.29, 1.82) is 0 Å². The van der Waals surface area contributed by atoms with E-state index in [1.807, 2.05) is 43.3 Å². The van der Waals surface area contributed by atoms with Crippen molar-refractivity contribution < 1.29 is 14.3 Å². The molecule has 0 saturated carbocycles. The molecule has 0 radical (unpaired) electrons. The molecule has 1 amide bonds. The Labute approximate surface area is 138 Å². The van der Waals surface area contributed by atoms with Crippen molar-refractivity contribution in [2.45, 2.75) is 31.5 Å². The van der Waals surface area contributed by atoms with Crippen LogP contribution in [-0.4, -0.2) is 68.3 Å². The normalized spacial score (nSPS) is 22.9. The van der Waals surface area contributed by atoms with Crippen LogP contribution in [0, 0.1) is 0 Å². The molecule has 1 fully saturated rings. The van der Waals surface area contributed by atoms with Crippen LogP contribution in [0.5, 0.6) is 5.75 Å². The van der Waals surface area contributed by atoms with Gasteiger partial charge in [0, 0.05) is 32.7 Å². The maximum Gasteiger partial charge on any atom is 0.264 e. The summed E-state index contributed by atoms with van der Waals surface area (Å²) >= 11 is 0. The van der Waals surface area contributed by atoms with Crippen molar-refractivity contribution in [1.82, 2.24) is 9.80 Å². The molecular weight excluding hydrogens is 292 g/mol. The number of hydrogen-bond donors (Lipinski definition) is 0. The summed E-state index contributed by atoms with van der Waals surface area (Å²) in [6, 6.07) is 7.91. The third kappa shape index (κ3) is 4.03. The van der Waals surface area contributed by atoms with Gasteiger partial charge in [0.1, 0.15) is 5.75 Å². The molecule has 2 aliphatic heterocycles. The molecule has 0 aromatic heterocycles. The molecule has 1 aromatic rings. The minimum absolute atomic E-state index is 0.0820. The predicted octanol–water partition coefficient (Wildman–Crippen LogP) is 1.56. The van der Waals surface area contributed by atoms with Crippen molar-refractivity contribution in [3.63, 3.8) is 0 Å². The zero-order chi connectivity index (χ0) is 16.2. The van der Waals surface area contributed by atoms with Crippen molar-refractivity contribution in [3.05, 3.63) is 29.8 Å². The van der Waals surface area contributed by atoms with E-state index in [1.54, 1.807) is 0 Å².